The summed E-state index contributed by atoms with van der Waals surface area (Å²) in [5.41, 5.74) is 0.587. The average molecular weight is 323 g/mol. The maximum absolute atomic E-state index is 11.8. The summed E-state index contributed by atoms with van der Waals surface area (Å²) in [6, 6.07) is 3.89. The van der Waals surface area contributed by atoms with Crippen molar-refractivity contribution in [3.8, 4) is 0 Å². The minimum absolute atomic E-state index is 0. The van der Waals surface area contributed by atoms with Crippen LogP contribution in [-0.4, -0.2) is 44.1 Å². The van der Waals surface area contributed by atoms with Gasteiger partial charge in [0.15, 0.2) is 0 Å². The van der Waals surface area contributed by atoms with Gasteiger partial charge in [0.25, 0.3) is 5.91 Å². The summed E-state index contributed by atoms with van der Waals surface area (Å²) in [4.78, 5) is 18.0. The first-order chi connectivity index (χ1) is 8.54. The molecule has 0 unspecified atom stereocenters. The highest BCUT2D eigenvalue weighted by Gasteiger charge is 2.08. The van der Waals surface area contributed by atoms with E-state index in [4.69, 9.17) is 0 Å². The van der Waals surface area contributed by atoms with Crippen LogP contribution in [0.15, 0.2) is 18.3 Å². The topological polar surface area (TPSA) is 57.3 Å². The lowest BCUT2D eigenvalue weighted by Crippen LogP contribution is -2.38. The molecule has 0 aliphatic heterocycles. The number of nitrogens with one attached hydrogen (secondary N) is 2. The Balaban J connectivity index is 0. The van der Waals surface area contributed by atoms with Gasteiger partial charge in [0, 0.05) is 32.9 Å². The van der Waals surface area contributed by atoms with E-state index in [2.05, 4.69) is 15.6 Å². The van der Waals surface area contributed by atoms with E-state index in [9.17, 15) is 4.79 Å². The zero-order valence-electron chi connectivity index (χ0n) is 12.3. The first kappa shape index (κ1) is 21.3. The zero-order chi connectivity index (χ0) is 13.5. The van der Waals surface area contributed by atoms with Crippen LogP contribution in [0.25, 0.3) is 0 Å². The second kappa shape index (κ2) is 10.7. The maximum Gasteiger partial charge on any atom is 0.252 e. The number of amides is 1. The largest absolute Gasteiger partial charge is 0.363 e. The molecule has 0 saturated heterocycles. The van der Waals surface area contributed by atoms with Crippen LogP contribution in [0.5, 0.6) is 0 Å². The molecular formula is C13H24Cl2N4O. The van der Waals surface area contributed by atoms with Gasteiger partial charge in [-0.15, -0.1) is 24.8 Å². The van der Waals surface area contributed by atoms with E-state index in [0.29, 0.717) is 12.1 Å². The van der Waals surface area contributed by atoms with Crippen molar-refractivity contribution in [1.82, 2.24) is 15.6 Å². The third-order valence-electron chi connectivity index (χ3n) is 2.59. The monoisotopic (exact) mass is 322 g/mol. The van der Waals surface area contributed by atoms with Crippen LogP contribution in [0, 0.1) is 0 Å². The number of pyridine rings is 1. The van der Waals surface area contributed by atoms with Gasteiger partial charge in [0.05, 0.1) is 5.56 Å². The number of aromatic nitrogens is 1. The molecule has 7 heteroatoms. The van der Waals surface area contributed by atoms with E-state index < -0.39 is 0 Å². The standard InChI is InChI=1S/C13H22N4O.2ClH/c1-5-14-10(2)8-16-13(18)11-6-7-12(15-9-11)17(3)4;;/h6-7,9-10,14H,5,8H2,1-4H3,(H,16,18);2*1H/t10-;;/m1../s1. The lowest BCUT2D eigenvalue weighted by atomic mass is 10.2. The van der Waals surface area contributed by atoms with Crippen molar-refractivity contribution in [1.29, 1.82) is 0 Å². The van der Waals surface area contributed by atoms with Gasteiger partial charge < -0.3 is 15.5 Å². The molecule has 0 fully saturated rings. The first-order valence-electron chi connectivity index (χ1n) is 6.19. The lowest BCUT2D eigenvalue weighted by Gasteiger charge is -2.14. The summed E-state index contributed by atoms with van der Waals surface area (Å²) in [7, 11) is 3.83. The minimum Gasteiger partial charge on any atom is -0.363 e. The van der Waals surface area contributed by atoms with Crippen molar-refractivity contribution < 1.29 is 4.79 Å². The molecule has 116 valence electrons. The molecule has 2 N–H and O–H groups in total. The van der Waals surface area contributed by atoms with Crippen molar-refractivity contribution in [3.05, 3.63) is 23.9 Å². The molecule has 1 aromatic rings. The number of nitrogens with zero attached hydrogens (tertiary/aromatic N) is 2. The van der Waals surface area contributed by atoms with Crippen molar-refractivity contribution in [2.75, 3.05) is 32.1 Å². The van der Waals surface area contributed by atoms with Crippen LogP contribution in [0.3, 0.4) is 0 Å². The van der Waals surface area contributed by atoms with Crippen molar-refractivity contribution >= 4 is 36.5 Å². The summed E-state index contributed by atoms with van der Waals surface area (Å²) in [6.45, 7) is 5.59. The Kier molecular flexibility index (Phi) is 11.4. The Morgan fingerprint density at radius 3 is 2.45 bits per heavy atom. The summed E-state index contributed by atoms with van der Waals surface area (Å²) in [6.07, 6.45) is 1.60. The second-order valence-electron chi connectivity index (χ2n) is 4.47. The number of anilines is 1. The van der Waals surface area contributed by atoms with Gasteiger partial charge in [-0.3, -0.25) is 4.79 Å². The van der Waals surface area contributed by atoms with E-state index >= 15 is 0 Å². The average Bonchev–Trinajstić information content (AvgIpc) is 2.36. The molecule has 0 radical (unpaired) electrons. The Morgan fingerprint density at radius 1 is 1.35 bits per heavy atom. The Morgan fingerprint density at radius 2 is 2.00 bits per heavy atom. The lowest BCUT2D eigenvalue weighted by molar-refractivity contribution is 0.0950. The van der Waals surface area contributed by atoms with Gasteiger partial charge in [0.2, 0.25) is 0 Å². The Hall–Kier alpha value is -1.04. The Labute approximate surface area is 133 Å². The van der Waals surface area contributed by atoms with Crippen LogP contribution < -0.4 is 15.5 Å². The molecule has 1 amide bonds. The zero-order valence-corrected chi connectivity index (χ0v) is 14.0. The molecule has 0 bridgehead atoms. The summed E-state index contributed by atoms with van der Waals surface area (Å²) in [5, 5.41) is 6.12. The van der Waals surface area contributed by atoms with Crippen LogP contribution in [0.4, 0.5) is 5.82 Å². The number of hydrogen-bond acceptors (Lipinski definition) is 4. The van der Waals surface area contributed by atoms with Gasteiger partial charge in [-0.25, -0.2) is 4.98 Å². The number of rotatable bonds is 6. The predicted octanol–water partition coefficient (Wildman–Crippen LogP) is 1.72. The molecule has 1 heterocycles. The summed E-state index contributed by atoms with van der Waals surface area (Å²) >= 11 is 0. The maximum atomic E-state index is 11.8. The second-order valence-corrected chi connectivity index (χ2v) is 4.47. The number of carbonyl (C=O) groups is 1. The molecule has 0 spiro atoms. The van der Waals surface area contributed by atoms with E-state index in [1.54, 1.807) is 12.3 Å². The molecule has 1 atom stereocenters. The molecule has 0 aliphatic carbocycles. The summed E-state index contributed by atoms with van der Waals surface area (Å²) in [5.74, 6) is 0.755. The first-order valence-corrected chi connectivity index (χ1v) is 6.19. The van der Waals surface area contributed by atoms with Gasteiger partial charge in [0.1, 0.15) is 5.82 Å². The van der Waals surface area contributed by atoms with Crippen molar-refractivity contribution in [2.45, 2.75) is 19.9 Å². The molecule has 0 aromatic carbocycles. The molecule has 0 aliphatic rings. The van der Waals surface area contributed by atoms with Crippen molar-refractivity contribution in [3.63, 3.8) is 0 Å². The third kappa shape index (κ3) is 6.93. The molecule has 1 aromatic heterocycles. The van der Waals surface area contributed by atoms with Crippen LogP contribution >= 0.6 is 24.8 Å². The van der Waals surface area contributed by atoms with E-state index in [1.807, 2.05) is 38.9 Å². The fraction of sp³-hybridized carbons (Fsp3) is 0.538. The molecular weight excluding hydrogens is 299 g/mol. The van der Waals surface area contributed by atoms with E-state index in [0.717, 1.165) is 12.4 Å². The SMILES string of the molecule is CCN[C@H](C)CNC(=O)c1ccc(N(C)C)nc1.Cl.Cl. The van der Waals surface area contributed by atoms with Gasteiger partial charge in [-0.05, 0) is 25.6 Å². The molecule has 1 rings (SSSR count). The highest BCUT2D eigenvalue weighted by atomic mass is 35.5. The minimum atomic E-state index is -0.0856. The Bertz CT molecular complexity index is 384. The fourth-order valence-corrected chi connectivity index (χ4v) is 1.55. The van der Waals surface area contributed by atoms with Gasteiger partial charge >= 0.3 is 0 Å². The predicted molar refractivity (Wildman–Crippen MR) is 88.5 cm³/mol. The van der Waals surface area contributed by atoms with Gasteiger partial charge in [-0.1, -0.05) is 6.92 Å². The summed E-state index contributed by atoms with van der Waals surface area (Å²) < 4.78 is 0. The fourth-order valence-electron chi connectivity index (χ4n) is 1.55. The van der Waals surface area contributed by atoms with Crippen molar-refractivity contribution in [2.24, 2.45) is 0 Å². The highest BCUT2D eigenvalue weighted by molar-refractivity contribution is 5.94. The molecule has 20 heavy (non-hydrogen) atoms. The van der Waals surface area contributed by atoms with E-state index in [1.165, 1.54) is 0 Å². The van der Waals surface area contributed by atoms with Crippen LogP contribution in [-0.2, 0) is 0 Å². The van der Waals surface area contributed by atoms with Crippen LogP contribution in [0.2, 0.25) is 0 Å². The smallest absolute Gasteiger partial charge is 0.252 e. The highest BCUT2D eigenvalue weighted by Crippen LogP contribution is 2.07. The number of carbonyl (C=O) groups excluding carboxylic acids is 1. The third-order valence-corrected chi connectivity index (χ3v) is 2.59. The molecule has 5 nitrogen and oxygen atoms in total. The normalized spacial score (nSPS) is 10.8. The number of likely N-dealkylation sites (N-methyl/N-ethyl adjacent to an activating group) is 1. The quantitative estimate of drug-likeness (QED) is 0.837. The molecule has 0 saturated carbocycles. The van der Waals surface area contributed by atoms with E-state index in [-0.39, 0.29) is 36.8 Å². The number of halogens is 2. The number of hydrogen-bond donors (Lipinski definition) is 2. The van der Waals surface area contributed by atoms with Gasteiger partial charge in [-0.2, -0.15) is 0 Å². The van der Waals surface area contributed by atoms with Crippen LogP contribution in [0.1, 0.15) is 24.2 Å².